The van der Waals surface area contributed by atoms with Crippen LogP contribution in [-0.4, -0.2) is 19.0 Å². The molecule has 0 amide bonds. The second-order valence-electron chi connectivity index (χ2n) is 16.1. The van der Waals surface area contributed by atoms with E-state index in [0.29, 0.717) is 6.54 Å². The van der Waals surface area contributed by atoms with E-state index in [1.54, 1.807) is 12.2 Å². The second kappa shape index (κ2) is 17.5. The lowest BCUT2D eigenvalue weighted by Gasteiger charge is -2.34. The number of rotatable bonds is 13. The average Bonchev–Trinajstić information content (AvgIpc) is 3.54. The molecule has 1 aliphatic heterocycles. The maximum Gasteiger partial charge on any atom is 0.111 e. The molecule has 0 bridgehead atoms. The van der Waals surface area contributed by atoms with Crippen molar-refractivity contribution >= 4 is 73.7 Å². The summed E-state index contributed by atoms with van der Waals surface area (Å²) in [6, 6.07) is 43.5. The van der Waals surface area contributed by atoms with E-state index in [-0.39, 0.29) is 5.41 Å². The van der Waals surface area contributed by atoms with Gasteiger partial charge in [-0.1, -0.05) is 111 Å². The SMILES string of the molecule is CC1(C)C2=C(CCC=C2)c2cc3c(N(C4=CC=CCN4)c4ccccc4)c4cc(N(/C=C/C=C\C=N)c5ccccc5)ccc4c(N(/C=C/C=C\C=N)c4ccccc4)c3cc21. The number of nitrogens with zero attached hydrogens (tertiary/aromatic N) is 3. The van der Waals surface area contributed by atoms with Gasteiger partial charge in [-0.15, -0.1) is 0 Å². The maximum absolute atomic E-state index is 7.70. The minimum Gasteiger partial charge on any atom is -0.368 e. The number of dihydropyridines is 1. The van der Waals surface area contributed by atoms with Gasteiger partial charge in [-0.05, 0) is 126 Å². The van der Waals surface area contributed by atoms with Gasteiger partial charge in [-0.3, -0.25) is 4.90 Å². The summed E-state index contributed by atoms with van der Waals surface area (Å²) in [6.45, 7) is 5.47. The molecule has 0 aromatic heterocycles. The Morgan fingerprint density at radius 1 is 0.581 bits per heavy atom. The van der Waals surface area contributed by atoms with Gasteiger partial charge in [0, 0.05) is 81.1 Å². The van der Waals surface area contributed by atoms with Crippen molar-refractivity contribution in [2.24, 2.45) is 0 Å². The van der Waals surface area contributed by atoms with Crippen molar-refractivity contribution < 1.29 is 0 Å². The average molecular weight is 807 g/mol. The topological polar surface area (TPSA) is 69.5 Å². The molecule has 6 nitrogen and oxygen atoms in total. The zero-order chi connectivity index (χ0) is 42.5. The Morgan fingerprint density at radius 2 is 1.19 bits per heavy atom. The highest BCUT2D eigenvalue weighted by molar-refractivity contribution is 6.23. The molecule has 0 atom stereocenters. The van der Waals surface area contributed by atoms with Crippen molar-refractivity contribution in [1.29, 1.82) is 10.8 Å². The van der Waals surface area contributed by atoms with E-state index in [2.05, 4.69) is 192 Å². The molecule has 0 saturated carbocycles. The van der Waals surface area contributed by atoms with E-state index in [1.165, 1.54) is 34.7 Å². The standard InChI is InChI=1S/C56H50N6/c1-56(2)51-29-15-14-28-45(51)47-39-49-50(40-52(47)56)54(61(37-21-7-18-34-58)42-24-10-4-11-25-42)46-32-31-44(60(36-20-6-17-33-57)41-22-8-3-9-23-41)38-48(46)55(49)62(43-26-12-5-13-27-43)53-30-16-19-35-59-53/h3-13,15-27,29-34,36-40,57-59H,14,28,35H2,1-2H3/b17-6-,18-7-,36-20+,37-21+,57-33?,58-34?. The monoisotopic (exact) mass is 806 g/mol. The Hall–Kier alpha value is -7.70. The fourth-order valence-corrected chi connectivity index (χ4v) is 9.18. The Balaban J connectivity index is 1.47. The zero-order valence-corrected chi connectivity index (χ0v) is 35.2. The largest absolute Gasteiger partial charge is 0.368 e. The molecule has 6 aromatic carbocycles. The molecule has 9 rings (SSSR count). The van der Waals surface area contributed by atoms with Crippen LogP contribution < -0.4 is 20.0 Å². The normalized spacial score (nSPS) is 15.4. The predicted molar refractivity (Wildman–Crippen MR) is 265 cm³/mol. The molecule has 0 spiro atoms. The summed E-state index contributed by atoms with van der Waals surface area (Å²) >= 11 is 0. The van der Waals surface area contributed by atoms with E-state index in [1.807, 2.05) is 30.4 Å². The zero-order valence-electron chi connectivity index (χ0n) is 35.2. The number of nitrogens with one attached hydrogen (secondary N) is 3. The molecule has 6 heteroatoms. The van der Waals surface area contributed by atoms with Crippen LogP contribution in [0, 0.1) is 10.8 Å². The first kappa shape index (κ1) is 39.7. The lowest BCUT2D eigenvalue weighted by atomic mass is 9.79. The molecular weight excluding hydrogens is 757 g/mol. The van der Waals surface area contributed by atoms with Crippen molar-refractivity contribution in [3.63, 3.8) is 0 Å². The molecule has 304 valence electrons. The number of fused-ring (bicyclic) bond motifs is 4. The fourth-order valence-electron chi connectivity index (χ4n) is 9.18. The fraction of sp³-hybridized carbons (Fsp3) is 0.107. The van der Waals surface area contributed by atoms with Gasteiger partial charge in [0.2, 0.25) is 0 Å². The minimum atomic E-state index is -0.182. The summed E-state index contributed by atoms with van der Waals surface area (Å²) < 4.78 is 0. The van der Waals surface area contributed by atoms with Gasteiger partial charge in [0.25, 0.3) is 0 Å². The van der Waals surface area contributed by atoms with Gasteiger partial charge in [-0.25, -0.2) is 0 Å². The Morgan fingerprint density at radius 3 is 1.84 bits per heavy atom. The van der Waals surface area contributed by atoms with Crippen molar-refractivity contribution in [3.05, 3.63) is 223 Å². The van der Waals surface area contributed by atoms with Crippen molar-refractivity contribution in [1.82, 2.24) is 5.32 Å². The number of para-hydroxylation sites is 3. The molecule has 6 aromatic rings. The van der Waals surface area contributed by atoms with Crippen LogP contribution >= 0.6 is 0 Å². The first-order valence-electron chi connectivity index (χ1n) is 21.3. The summed E-state index contributed by atoms with van der Waals surface area (Å²) in [4.78, 5) is 6.94. The van der Waals surface area contributed by atoms with Gasteiger partial charge < -0.3 is 25.9 Å². The van der Waals surface area contributed by atoms with E-state index < -0.39 is 0 Å². The number of benzene rings is 6. The lowest BCUT2D eigenvalue weighted by Crippen LogP contribution is -2.30. The Kier molecular flexibility index (Phi) is 11.2. The van der Waals surface area contributed by atoms with Crippen LogP contribution in [0.4, 0.5) is 34.1 Å². The van der Waals surface area contributed by atoms with Crippen LogP contribution in [0.3, 0.4) is 0 Å². The van der Waals surface area contributed by atoms with E-state index in [0.717, 1.165) is 74.3 Å². The van der Waals surface area contributed by atoms with Gasteiger partial charge in [-0.2, -0.15) is 0 Å². The third-order valence-corrected chi connectivity index (χ3v) is 12.0. The first-order chi connectivity index (χ1) is 30.5. The van der Waals surface area contributed by atoms with Gasteiger partial charge >= 0.3 is 0 Å². The second-order valence-corrected chi connectivity index (χ2v) is 16.1. The minimum absolute atomic E-state index is 0.182. The highest BCUT2D eigenvalue weighted by atomic mass is 15.3. The predicted octanol–water partition coefficient (Wildman–Crippen LogP) is 14.2. The number of hydrogen-bond donors (Lipinski definition) is 3. The van der Waals surface area contributed by atoms with Crippen LogP contribution in [0.15, 0.2) is 212 Å². The van der Waals surface area contributed by atoms with Crippen LogP contribution in [0.25, 0.3) is 27.1 Å². The first-order valence-corrected chi connectivity index (χ1v) is 21.3. The highest BCUT2D eigenvalue weighted by Gasteiger charge is 2.38. The van der Waals surface area contributed by atoms with Gasteiger partial charge in [0.1, 0.15) is 5.82 Å². The van der Waals surface area contributed by atoms with Crippen molar-refractivity contribution in [3.8, 4) is 0 Å². The molecule has 1 heterocycles. The van der Waals surface area contributed by atoms with Crippen LogP contribution in [0.5, 0.6) is 0 Å². The van der Waals surface area contributed by atoms with Crippen LogP contribution in [0.2, 0.25) is 0 Å². The molecule has 2 aliphatic carbocycles. The highest BCUT2D eigenvalue weighted by Crippen LogP contribution is 2.55. The lowest BCUT2D eigenvalue weighted by molar-refractivity contribution is 0.652. The number of anilines is 6. The molecule has 3 aliphatic rings. The molecule has 0 radical (unpaired) electrons. The van der Waals surface area contributed by atoms with E-state index in [9.17, 15) is 0 Å². The third kappa shape index (κ3) is 7.41. The Labute approximate surface area is 364 Å². The summed E-state index contributed by atoms with van der Waals surface area (Å²) in [5.41, 5.74) is 11.6. The number of allylic oxidation sites excluding steroid dienone is 12. The van der Waals surface area contributed by atoms with E-state index in [4.69, 9.17) is 10.8 Å². The quantitative estimate of drug-likeness (QED) is 0.0471. The van der Waals surface area contributed by atoms with Crippen molar-refractivity contribution in [2.45, 2.75) is 32.1 Å². The smallest absolute Gasteiger partial charge is 0.111 e. The van der Waals surface area contributed by atoms with Gasteiger partial charge in [0.15, 0.2) is 0 Å². The molecule has 0 saturated heterocycles. The Bertz CT molecular complexity index is 2910. The van der Waals surface area contributed by atoms with Gasteiger partial charge in [0.05, 0.1) is 11.4 Å². The molecule has 0 unspecified atom stereocenters. The van der Waals surface area contributed by atoms with Crippen molar-refractivity contribution in [2.75, 3.05) is 21.2 Å². The molecular formula is C56H50N6. The molecule has 62 heavy (non-hydrogen) atoms. The number of hydrogen-bond acceptors (Lipinski definition) is 6. The summed E-state index contributed by atoms with van der Waals surface area (Å²) in [7, 11) is 0. The van der Waals surface area contributed by atoms with Crippen LogP contribution in [0.1, 0.15) is 37.8 Å². The van der Waals surface area contributed by atoms with Crippen LogP contribution in [-0.2, 0) is 5.41 Å². The summed E-state index contributed by atoms with van der Waals surface area (Å²) in [5, 5.41) is 23.5. The summed E-state index contributed by atoms with van der Waals surface area (Å²) in [6.07, 6.45) is 31.3. The molecule has 0 fully saturated rings. The molecule has 3 N–H and O–H groups in total. The van der Waals surface area contributed by atoms with E-state index >= 15 is 0 Å². The maximum atomic E-state index is 7.70. The third-order valence-electron chi connectivity index (χ3n) is 12.0. The summed E-state index contributed by atoms with van der Waals surface area (Å²) in [5.74, 6) is 0.994.